The van der Waals surface area contributed by atoms with Crippen LogP contribution in [0.2, 0.25) is 0 Å². The summed E-state index contributed by atoms with van der Waals surface area (Å²) in [5, 5.41) is 0. The van der Waals surface area contributed by atoms with Gasteiger partial charge in [-0.3, -0.25) is 4.79 Å². The molecule has 2 rings (SSSR count). The fourth-order valence-corrected chi connectivity index (χ4v) is 2.57. The number of hydrogen-bond acceptors (Lipinski definition) is 2. The van der Waals surface area contributed by atoms with E-state index in [1.54, 1.807) is 0 Å². The Bertz CT molecular complexity index is 446. The van der Waals surface area contributed by atoms with Crippen LogP contribution in [0.15, 0.2) is 10.9 Å². The maximum Gasteiger partial charge on any atom is 0.186 e. The first-order valence-corrected chi connectivity index (χ1v) is 6.02. The highest BCUT2D eigenvalue weighted by Gasteiger charge is 2.15. The summed E-state index contributed by atoms with van der Waals surface area (Å²) >= 11 is 0. The lowest BCUT2D eigenvalue weighted by molar-refractivity contribution is 0.627. The van der Waals surface area contributed by atoms with Gasteiger partial charge in [0.05, 0.1) is 0 Å². The Hall–Kier alpha value is -1.25. The van der Waals surface area contributed by atoms with E-state index in [0.717, 1.165) is 24.3 Å². The minimum Gasteiger partial charge on any atom is -0.364 e. The summed E-state index contributed by atoms with van der Waals surface area (Å²) in [6, 6.07) is 1.83. The van der Waals surface area contributed by atoms with Crippen molar-refractivity contribution in [2.45, 2.75) is 39.2 Å². The van der Waals surface area contributed by atoms with Crippen molar-refractivity contribution < 1.29 is 0 Å². The van der Waals surface area contributed by atoms with Crippen LogP contribution in [-0.4, -0.2) is 18.7 Å². The Labute approximate surface area is 96.7 Å². The zero-order chi connectivity index (χ0) is 11.7. The van der Waals surface area contributed by atoms with Crippen molar-refractivity contribution in [2.24, 2.45) is 0 Å². The molecule has 1 aliphatic rings. The quantitative estimate of drug-likeness (QED) is 0.722. The van der Waals surface area contributed by atoms with Crippen LogP contribution in [0, 0.1) is 6.92 Å². The van der Waals surface area contributed by atoms with Gasteiger partial charge in [0.15, 0.2) is 5.43 Å². The van der Waals surface area contributed by atoms with Gasteiger partial charge in [-0.25, -0.2) is 0 Å². The molecule has 0 N–H and O–H groups in total. The van der Waals surface area contributed by atoms with Crippen LogP contribution >= 0.6 is 0 Å². The summed E-state index contributed by atoms with van der Waals surface area (Å²) in [6.45, 7) is 2.97. The molecule has 0 radical (unpaired) electrons. The molecular formula is C13H20N2O. The van der Waals surface area contributed by atoms with E-state index in [4.69, 9.17) is 0 Å². The van der Waals surface area contributed by atoms with Gasteiger partial charge < -0.3 is 9.47 Å². The van der Waals surface area contributed by atoms with Gasteiger partial charge in [-0.15, -0.1) is 0 Å². The zero-order valence-corrected chi connectivity index (χ0v) is 10.4. The third kappa shape index (κ3) is 1.86. The molecule has 0 amide bonds. The SMILES string of the molecule is Cc1c(N(C)C)n2c(cc1=O)CCCCC2. The molecule has 88 valence electrons. The van der Waals surface area contributed by atoms with Crippen molar-refractivity contribution in [3.63, 3.8) is 0 Å². The lowest BCUT2D eigenvalue weighted by atomic mass is 10.1. The molecule has 16 heavy (non-hydrogen) atoms. The molecule has 2 heterocycles. The van der Waals surface area contributed by atoms with Crippen LogP contribution < -0.4 is 10.3 Å². The van der Waals surface area contributed by atoms with Crippen LogP contribution in [0.4, 0.5) is 5.82 Å². The second-order valence-electron chi connectivity index (χ2n) is 4.81. The molecule has 0 saturated heterocycles. The second-order valence-corrected chi connectivity index (χ2v) is 4.81. The first kappa shape index (κ1) is 11.2. The summed E-state index contributed by atoms with van der Waals surface area (Å²) in [5.74, 6) is 1.09. The maximum atomic E-state index is 11.9. The summed E-state index contributed by atoms with van der Waals surface area (Å²) in [4.78, 5) is 13.9. The first-order chi connectivity index (χ1) is 7.61. The molecule has 1 aliphatic heterocycles. The van der Waals surface area contributed by atoms with E-state index in [1.807, 2.05) is 27.1 Å². The number of anilines is 1. The molecule has 3 heteroatoms. The fraction of sp³-hybridized carbons (Fsp3) is 0.615. The van der Waals surface area contributed by atoms with Crippen LogP contribution in [0.1, 0.15) is 30.5 Å². The van der Waals surface area contributed by atoms with Crippen molar-refractivity contribution in [2.75, 3.05) is 19.0 Å². The van der Waals surface area contributed by atoms with E-state index in [-0.39, 0.29) is 5.43 Å². The largest absolute Gasteiger partial charge is 0.364 e. The topological polar surface area (TPSA) is 25.2 Å². The molecular weight excluding hydrogens is 200 g/mol. The van der Waals surface area contributed by atoms with E-state index in [9.17, 15) is 4.79 Å². The number of aryl methyl sites for hydroxylation is 1. The first-order valence-electron chi connectivity index (χ1n) is 6.02. The summed E-state index contributed by atoms with van der Waals surface area (Å²) in [5.41, 5.74) is 2.25. The highest BCUT2D eigenvalue weighted by molar-refractivity contribution is 5.47. The monoisotopic (exact) mass is 220 g/mol. The van der Waals surface area contributed by atoms with E-state index in [2.05, 4.69) is 9.47 Å². The lowest BCUT2D eigenvalue weighted by Crippen LogP contribution is -2.24. The van der Waals surface area contributed by atoms with Crippen molar-refractivity contribution in [1.82, 2.24) is 4.57 Å². The smallest absolute Gasteiger partial charge is 0.186 e. The Morgan fingerprint density at radius 2 is 2.00 bits per heavy atom. The lowest BCUT2D eigenvalue weighted by Gasteiger charge is -2.24. The maximum absolute atomic E-state index is 11.9. The zero-order valence-electron chi connectivity index (χ0n) is 10.4. The van der Waals surface area contributed by atoms with Gasteiger partial charge in [-0.1, -0.05) is 6.42 Å². The van der Waals surface area contributed by atoms with Gasteiger partial charge in [0.25, 0.3) is 0 Å². The number of pyridine rings is 1. The Balaban J connectivity index is 2.65. The molecule has 0 saturated carbocycles. The third-order valence-corrected chi connectivity index (χ3v) is 3.34. The molecule has 0 atom stereocenters. The van der Waals surface area contributed by atoms with Crippen LogP contribution in [-0.2, 0) is 13.0 Å². The number of aromatic nitrogens is 1. The molecule has 0 bridgehead atoms. The van der Waals surface area contributed by atoms with Gasteiger partial charge in [0.2, 0.25) is 0 Å². The fourth-order valence-electron chi connectivity index (χ4n) is 2.57. The van der Waals surface area contributed by atoms with Crippen molar-refractivity contribution in [3.05, 3.63) is 27.5 Å². The van der Waals surface area contributed by atoms with Crippen LogP contribution in [0.3, 0.4) is 0 Å². The molecule has 1 aromatic rings. The van der Waals surface area contributed by atoms with E-state index in [0.29, 0.717) is 0 Å². The minimum absolute atomic E-state index is 0.178. The summed E-state index contributed by atoms with van der Waals surface area (Å²) < 4.78 is 2.32. The standard InChI is InChI=1S/C13H20N2O/c1-10-12(16)9-11-7-5-4-6-8-15(11)13(10)14(2)3/h9H,4-8H2,1-3H3. The third-order valence-electron chi connectivity index (χ3n) is 3.34. The Morgan fingerprint density at radius 1 is 1.25 bits per heavy atom. The molecule has 0 aromatic carbocycles. The molecule has 0 aliphatic carbocycles. The minimum atomic E-state index is 0.178. The molecule has 1 aromatic heterocycles. The van der Waals surface area contributed by atoms with E-state index >= 15 is 0 Å². The highest BCUT2D eigenvalue weighted by atomic mass is 16.1. The molecule has 0 unspecified atom stereocenters. The van der Waals surface area contributed by atoms with E-state index in [1.165, 1.54) is 25.0 Å². The number of nitrogens with zero attached hydrogens (tertiary/aromatic N) is 2. The van der Waals surface area contributed by atoms with Crippen LogP contribution in [0.5, 0.6) is 0 Å². The molecule has 0 spiro atoms. The average Bonchev–Trinajstić information content (AvgIpc) is 2.44. The average molecular weight is 220 g/mol. The molecule has 3 nitrogen and oxygen atoms in total. The van der Waals surface area contributed by atoms with Crippen molar-refractivity contribution in [3.8, 4) is 0 Å². The van der Waals surface area contributed by atoms with Crippen LogP contribution in [0.25, 0.3) is 0 Å². The van der Waals surface area contributed by atoms with Gasteiger partial charge in [0, 0.05) is 38.0 Å². The van der Waals surface area contributed by atoms with Gasteiger partial charge in [-0.2, -0.15) is 0 Å². The Kier molecular flexibility index (Phi) is 3.03. The number of rotatable bonds is 1. The summed E-state index contributed by atoms with van der Waals surface area (Å²) in [6.07, 6.45) is 4.73. The molecule has 0 fully saturated rings. The van der Waals surface area contributed by atoms with Gasteiger partial charge >= 0.3 is 0 Å². The van der Waals surface area contributed by atoms with Crippen molar-refractivity contribution >= 4 is 5.82 Å². The number of hydrogen-bond donors (Lipinski definition) is 0. The second kappa shape index (κ2) is 4.32. The van der Waals surface area contributed by atoms with E-state index < -0.39 is 0 Å². The Morgan fingerprint density at radius 3 is 2.69 bits per heavy atom. The predicted octanol–water partition coefficient (Wildman–Crippen LogP) is 1.95. The van der Waals surface area contributed by atoms with Gasteiger partial charge in [-0.05, 0) is 26.2 Å². The normalized spacial score (nSPS) is 15.4. The van der Waals surface area contributed by atoms with Crippen molar-refractivity contribution in [1.29, 1.82) is 0 Å². The number of fused-ring (bicyclic) bond motifs is 1. The predicted molar refractivity (Wildman–Crippen MR) is 67.3 cm³/mol. The summed E-state index contributed by atoms with van der Waals surface area (Å²) in [7, 11) is 4.03. The highest BCUT2D eigenvalue weighted by Crippen LogP contribution is 2.22. The van der Waals surface area contributed by atoms with Gasteiger partial charge in [0.1, 0.15) is 5.82 Å².